The van der Waals surface area contributed by atoms with Crippen LogP contribution in [0.4, 0.5) is 5.69 Å². The minimum absolute atomic E-state index is 0.0410. The van der Waals surface area contributed by atoms with Crippen molar-refractivity contribution in [3.8, 4) is 11.5 Å². The SMILES string of the molecule is CC([Se]C[C@H](N)C(=O)O)c1cc2c(cc1[N+](=O)[O-])OCO2. The van der Waals surface area contributed by atoms with Crippen molar-refractivity contribution in [3.63, 3.8) is 0 Å². The molecule has 114 valence electrons. The first-order chi connectivity index (χ1) is 9.90. The Morgan fingerprint density at radius 2 is 2.14 bits per heavy atom. The van der Waals surface area contributed by atoms with Crippen molar-refractivity contribution in [2.45, 2.75) is 23.1 Å². The molecule has 0 saturated heterocycles. The van der Waals surface area contributed by atoms with Gasteiger partial charge in [0.2, 0.25) is 0 Å². The van der Waals surface area contributed by atoms with E-state index in [-0.39, 0.29) is 32.3 Å². The third-order valence-corrected chi connectivity index (χ3v) is 5.74. The van der Waals surface area contributed by atoms with Gasteiger partial charge in [-0.1, -0.05) is 0 Å². The van der Waals surface area contributed by atoms with Crippen LogP contribution in [0.1, 0.15) is 17.3 Å². The number of carboxylic acids is 1. The van der Waals surface area contributed by atoms with Gasteiger partial charge in [0.1, 0.15) is 0 Å². The third kappa shape index (κ3) is 3.44. The molecule has 1 aromatic carbocycles. The van der Waals surface area contributed by atoms with Crippen molar-refractivity contribution in [3.05, 3.63) is 27.8 Å². The predicted octanol–water partition coefficient (Wildman–Crippen LogP) is 0.919. The van der Waals surface area contributed by atoms with E-state index in [0.29, 0.717) is 22.4 Å². The Balaban J connectivity index is 2.21. The molecular formula is C12H14N2O6Se. The topological polar surface area (TPSA) is 125 Å². The number of hydrogen-bond acceptors (Lipinski definition) is 6. The van der Waals surface area contributed by atoms with Gasteiger partial charge in [-0.2, -0.15) is 0 Å². The number of aliphatic carboxylic acids is 1. The zero-order valence-corrected chi connectivity index (χ0v) is 12.9. The quantitative estimate of drug-likeness (QED) is 0.438. The summed E-state index contributed by atoms with van der Waals surface area (Å²) in [5, 5.41) is 20.2. The fourth-order valence-electron chi connectivity index (χ4n) is 1.84. The molecular weight excluding hydrogens is 347 g/mol. The Hall–Kier alpha value is -1.83. The van der Waals surface area contributed by atoms with Gasteiger partial charge < -0.3 is 0 Å². The number of carbonyl (C=O) groups is 1. The maximum absolute atomic E-state index is 11.2. The Morgan fingerprint density at radius 3 is 2.71 bits per heavy atom. The molecule has 1 aromatic rings. The number of ether oxygens (including phenoxy) is 2. The van der Waals surface area contributed by atoms with Gasteiger partial charge in [-0.05, 0) is 0 Å². The van der Waals surface area contributed by atoms with Crippen molar-refractivity contribution in [2.75, 3.05) is 6.79 Å². The van der Waals surface area contributed by atoms with Crippen molar-refractivity contribution < 1.29 is 24.3 Å². The Kier molecular flexibility index (Phi) is 4.66. The minimum atomic E-state index is -1.07. The van der Waals surface area contributed by atoms with E-state index in [1.165, 1.54) is 6.07 Å². The monoisotopic (exact) mass is 362 g/mol. The van der Waals surface area contributed by atoms with Crippen LogP contribution in [0, 0.1) is 10.1 Å². The number of nitrogens with zero attached hydrogens (tertiary/aromatic N) is 1. The predicted molar refractivity (Wildman–Crippen MR) is 73.8 cm³/mol. The second-order valence-electron chi connectivity index (χ2n) is 4.44. The molecule has 1 heterocycles. The van der Waals surface area contributed by atoms with E-state index in [9.17, 15) is 14.9 Å². The van der Waals surface area contributed by atoms with Crippen LogP contribution in [0.5, 0.6) is 11.5 Å². The molecule has 3 N–H and O–H groups in total. The van der Waals surface area contributed by atoms with Crippen LogP contribution in [-0.2, 0) is 4.79 Å². The molecule has 2 atom stereocenters. The number of nitro groups is 1. The molecule has 0 amide bonds. The van der Waals surface area contributed by atoms with E-state index >= 15 is 0 Å². The van der Waals surface area contributed by atoms with Crippen molar-refractivity contribution in [1.82, 2.24) is 0 Å². The van der Waals surface area contributed by atoms with Gasteiger partial charge >= 0.3 is 126 Å². The summed E-state index contributed by atoms with van der Waals surface area (Å²) in [5.74, 6) is -0.238. The first-order valence-electron chi connectivity index (χ1n) is 6.08. The van der Waals surface area contributed by atoms with Gasteiger partial charge in [0.15, 0.2) is 0 Å². The van der Waals surface area contributed by atoms with Crippen molar-refractivity contribution in [2.24, 2.45) is 5.73 Å². The fraction of sp³-hybridized carbons (Fsp3) is 0.417. The zero-order valence-electron chi connectivity index (χ0n) is 11.1. The van der Waals surface area contributed by atoms with Crippen molar-refractivity contribution >= 4 is 26.6 Å². The molecule has 0 saturated carbocycles. The summed E-state index contributed by atoms with van der Waals surface area (Å²) in [4.78, 5) is 21.3. The zero-order chi connectivity index (χ0) is 15.6. The molecule has 0 bridgehead atoms. The van der Waals surface area contributed by atoms with Gasteiger partial charge in [0, 0.05) is 0 Å². The van der Waals surface area contributed by atoms with Gasteiger partial charge in [-0.15, -0.1) is 0 Å². The Bertz CT molecular complexity index is 579. The molecule has 0 fully saturated rings. The number of nitro benzene ring substituents is 1. The first kappa shape index (κ1) is 15.6. The van der Waals surface area contributed by atoms with Gasteiger partial charge in [-0.3, -0.25) is 0 Å². The molecule has 8 nitrogen and oxygen atoms in total. The molecule has 0 aliphatic carbocycles. The Morgan fingerprint density at radius 1 is 1.52 bits per heavy atom. The summed E-state index contributed by atoms with van der Waals surface area (Å²) in [5.41, 5.74) is 5.94. The third-order valence-electron chi connectivity index (χ3n) is 3.00. The van der Waals surface area contributed by atoms with Crippen LogP contribution in [-0.4, -0.2) is 43.8 Å². The van der Waals surface area contributed by atoms with E-state index in [4.69, 9.17) is 20.3 Å². The maximum atomic E-state index is 11.2. The molecule has 1 aliphatic heterocycles. The van der Waals surface area contributed by atoms with E-state index in [1.54, 1.807) is 6.07 Å². The second kappa shape index (κ2) is 6.30. The average molecular weight is 361 g/mol. The summed E-state index contributed by atoms with van der Waals surface area (Å²) in [6, 6.07) is 2.00. The average Bonchev–Trinajstić information content (AvgIpc) is 2.89. The standard InChI is InChI=1S/C12H14N2O6Se/c1-6(21-4-8(13)12(15)16)7-2-10-11(20-5-19-10)3-9(7)14(17)18/h2-3,6,8H,4-5,13H2,1H3,(H,15,16)/t6?,8-/m0/s1. The first-order valence-corrected chi connectivity index (χ1v) is 8.28. The molecule has 9 heteroatoms. The fourth-order valence-corrected chi connectivity index (χ4v) is 3.95. The van der Waals surface area contributed by atoms with Crippen LogP contribution in [0.3, 0.4) is 0 Å². The molecule has 0 spiro atoms. The summed E-state index contributed by atoms with van der Waals surface area (Å²) in [6.45, 7) is 1.86. The number of nitrogens with two attached hydrogens (primary N) is 1. The van der Waals surface area contributed by atoms with Crippen LogP contribution in [0.15, 0.2) is 12.1 Å². The van der Waals surface area contributed by atoms with Gasteiger partial charge in [-0.25, -0.2) is 0 Å². The van der Waals surface area contributed by atoms with Crippen molar-refractivity contribution in [1.29, 1.82) is 0 Å². The summed E-state index contributed by atoms with van der Waals surface area (Å²) in [7, 11) is 0. The molecule has 0 radical (unpaired) electrons. The Labute approximate surface area is 126 Å². The van der Waals surface area contributed by atoms with Gasteiger partial charge in [0.05, 0.1) is 0 Å². The van der Waals surface area contributed by atoms with Crippen LogP contribution >= 0.6 is 0 Å². The summed E-state index contributed by atoms with van der Waals surface area (Å²) in [6.07, 6.45) is 0. The van der Waals surface area contributed by atoms with E-state index < -0.39 is 16.9 Å². The number of hydrogen-bond donors (Lipinski definition) is 2. The van der Waals surface area contributed by atoms with E-state index in [0.717, 1.165) is 0 Å². The van der Waals surface area contributed by atoms with E-state index in [1.807, 2.05) is 6.92 Å². The molecule has 1 unspecified atom stereocenters. The van der Waals surface area contributed by atoms with E-state index in [2.05, 4.69) is 0 Å². The summed E-state index contributed by atoms with van der Waals surface area (Å²) < 4.78 is 10.4. The number of carboxylic acid groups (broad SMARTS) is 1. The normalized spacial score (nSPS) is 15.5. The number of fused-ring (bicyclic) bond motifs is 1. The summed E-state index contributed by atoms with van der Waals surface area (Å²) >= 11 is -0.184. The van der Waals surface area contributed by atoms with Gasteiger partial charge in [0.25, 0.3) is 0 Å². The van der Waals surface area contributed by atoms with Crippen LogP contribution < -0.4 is 15.2 Å². The van der Waals surface area contributed by atoms with Crippen LogP contribution in [0.2, 0.25) is 5.32 Å². The number of rotatable bonds is 6. The molecule has 2 rings (SSSR count). The second-order valence-corrected chi connectivity index (χ2v) is 7.32. The van der Waals surface area contributed by atoms with Crippen LogP contribution in [0.25, 0.3) is 0 Å². The molecule has 21 heavy (non-hydrogen) atoms. The molecule has 1 aliphatic rings. The number of benzene rings is 1. The molecule has 0 aromatic heterocycles.